The van der Waals surface area contributed by atoms with Crippen LogP contribution in [0.15, 0.2) is 18.3 Å². The van der Waals surface area contributed by atoms with Crippen molar-refractivity contribution in [3.05, 3.63) is 18.3 Å². The van der Waals surface area contributed by atoms with Crippen molar-refractivity contribution in [1.82, 2.24) is 9.97 Å². The third-order valence-corrected chi connectivity index (χ3v) is 2.63. The zero-order valence-corrected chi connectivity index (χ0v) is 8.27. The van der Waals surface area contributed by atoms with Gasteiger partial charge in [0, 0.05) is 12.7 Å². The summed E-state index contributed by atoms with van der Waals surface area (Å²) in [5.41, 5.74) is 0.978. The van der Waals surface area contributed by atoms with Crippen LogP contribution >= 0.6 is 11.3 Å². The van der Waals surface area contributed by atoms with Crippen molar-refractivity contribution in [2.24, 2.45) is 0 Å². The molecule has 0 radical (unpaired) electrons. The van der Waals surface area contributed by atoms with Crippen LogP contribution in [0.3, 0.4) is 0 Å². The zero-order chi connectivity index (χ0) is 9.10. The Morgan fingerprint density at radius 1 is 1.54 bits per heavy atom. The molecule has 0 amide bonds. The van der Waals surface area contributed by atoms with Crippen LogP contribution < -0.4 is 5.32 Å². The van der Waals surface area contributed by atoms with Gasteiger partial charge in [-0.2, -0.15) is 0 Å². The smallest absolute Gasteiger partial charge is 0.185 e. The molecule has 13 heavy (non-hydrogen) atoms. The van der Waals surface area contributed by atoms with E-state index >= 15 is 0 Å². The van der Waals surface area contributed by atoms with E-state index in [0.717, 1.165) is 28.4 Å². The summed E-state index contributed by atoms with van der Waals surface area (Å²) in [6.45, 7) is 3.11. The van der Waals surface area contributed by atoms with Crippen molar-refractivity contribution in [3.8, 4) is 0 Å². The number of rotatable bonds is 3. The number of aromatic nitrogens is 2. The summed E-state index contributed by atoms with van der Waals surface area (Å²) in [6, 6.07) is 3.89. The number of hydrogen-bond donors (Lipinski definition) is 1. The number of nitrogens with one attached hydrogen (secondary N) is 1. The quantitative estimate of drug-likeness (QED) is 0.814. The number of nitrogens with zero attached hydrogens (tertiary/aromatic N) is 2. The molecule has 3 nitrogen and oxygen atoms in total. The van der Waals surface area contributed by atoms with E-state index in [1.54, 1.807) is 17.5 Å². The molecule has 0 aliphatic rings. The Labute approximate surface area is 80.8 Å². The molecule has 0 atom stereocenters. The zero-order valence-electron chi connectivity index (χ0n) is 7.45. The average molecular weight is 193 g/mol. The van der Waals surface area contributed by atoms with Gasteiger partial charge in [-0.25, -0.2) is 9.97 Å². The van der Waals surface area contributed by atoms with Gasteiger partial charge in [-0.3, -0.25) is 0 Å². The number of hydrogen-bond acceptors (Lipinski definition) is 4. The van der Waals surface area contributed by atoms with Gasteiger partial charge in [0.25, 0.3) is 0 Å². The highest BCUT2D eigenvalue weighted by Crippen LogP contribution is 2.22. The fraction of sp³-hybridized carbons (Fsp3) is 0.333. The van der Waals surface area contributed by atoms with Crippen LogP contribution in [0, 0.1) is 0 Å². The van der Waals surface area contributed by atoms with Gasteiger partial charge in [-0.05, 0) is 18.6 Å². The highest BCUT2D eigenvalue weighted by Gasteiger charge is 2.01. The Morgan fingerprint density at radius 3 is 3.23 bits per heavy atom. The molecule has 68 valence electrons. The summed E-state index contributed by atoms with van der Waals surface area (Å²) in [5, 5.41) is 4.22. The molecule has 0 spiro atoms. The van der Waals surface area contributed by atoms with Gasteiger partial charge in [-0.1, -0.05) is 18.3 Å². The first-order valence-electron chi connectivity index (χ1n) is 4.35. The van der Waals surface area contributed by atoms with Crippen molar-refractivity contribution >= 4 is 26.8 Å². The minimum Gasteiger partial charge on any atom is -0.361 e. The highest BCUT2D eigenvalue weighted by atomic mass is 32.1. The Kier molecular flexibility index (Phi) is 2.40. The van der Waals surface area contributed by atoms with Crippen LogP contribution in [0.1, 0.15) is 13.3 Å². The van der Waals surface area contributed by atoms with Crippen LogP contribution in [0.5, 0.6) is 0 Å². The third kappa shape index (κ3) is 1.78. The molecule has 0 saturated heterocycles. The maximum Gasteiger partial charge on any atom is 0.185 e. The minimum absolute atomic E-state index is 0.968. The van der Waals surface area contributed by atoms with Crippen LogP contribution in [-0.2, 0) is 0 Å². The first-order chi connectivity index (χ1) is 6.40. The predicted molar refractivity (Wildman–Crippen MR) is 56.2 cm³/mol. The Balaban J connectivity index is 2.28. The lowest BCUT2D eigenvalue weighted by Crippen LogP contribution is -1.98. The largest absolute Gasteiger partial charge is 0.361 e. The number of fused-ring (bicyclic) bond motifs is 1. The van der Waals surface area contributed by atoms with Gasteiger partial charge in [0.15, 0.2) is 5.13 Å². The van der Waals surface area contributed by atoms with Crippen LogP contribution in [0.2, 0.25) is 0 Å². The second-order valence-corrected chi connectivity index (χ2v) is 3.75. The van der Waals surface area contributed by atoms with Crippen LogP contribution in [-0.4, -0.2) is 16.5 Å². The lowest BCUT2D eigenvalue weighted by molar-refractivity contribution is 0.977. The first-order valence-corrected chi connectivity index (χ1v) is 5.17. The highest BCUT2D eigenvalue weighted by molar-refractivity contribution is 7.21. The van der Waals surface area contributed by atoms with Gasteiger partial charge < -0.3 is 5.32 Å². The second kappa shape index (κ2) is 3.70. The molecule has 0 fully saturated rings. The second-order valence-electron chi connectivity index (χ2n) is 2.77. The summed E-state index contributed by atoms with van der Waals surface area (Å²) in [5.74, 6) is 0. The normalized spacial score (nSPS) is 10.5. The van der Waals surface area contributed by atoms with Gasteiger partial charge in [0.2, 0.25) is 0 Å². The summed E-state index contributed by atoms with van der Waals surface area (Å²) in [6.07, 6.45) is 2.91. The molecule has 0 unspecified atom stereocenters. The molecule has 0 aromatic carbocycles. The Morgan fingerprint density at radius 2 is 2.46 bits per heavy atom. The van der Waals surface area contributed by atoms with Gasteiger partial charge >= 0.3 is 0 Å². The standard InChI is InChI=1S/C9H11N3S/c1-2-5-11-9-12-7-4-3-6-10-8(7)13-9/h3-4,6H,2,5H2,1H3,(H,11,12). The minimum atomic E-state index is 0.968. The van der Waals surface area contributed by atoms with E-state index in [4.69, 9.17) is 0 Å². The lowest BCUT2D eigenvalue weighted by Gasteiger charge is -1.95. The molecular formula is C9H11N3S. The topological polar surface area (TPSA) is 37.8 Å². The van der Waals surface area contributed by atoms with E-state index in [1.807, 2.05) is 12.1 Å². The van der Waals surface area contributed by atoms with E-state index in [-0.39, 0.29) is 0 Å². The maximum atomic E-state index is 4.40. The lowest BCUT2D eigenvalue weighted by atomic mass is 10.5. The van der Waals surface area contributed by atoms with E-state index in [1.165, 1.54) is 0 Å². The molecule has 4 heteroatoms. The fourth-order valence-electron chi connectivity index (χ4n) is 1.08. The maximum absolute atomic E-state index is 4.40. The molecular weight excluding hydrogens is 182 g/mol. The van der Waals surface area contributed by atoms with E-state index in [2.05, 4.69) is 22.2 Å². The summed E-state index contributed by atoms with van der Waals surface area (Å²) in [7, 11) is 0. The number of thiazole rings is 1. The number of anilines is 1. The SMILES string of the molecule is CCCNc1nc2cccnc2s1. The van der Waals surface area contributed by atoms with E-state index in [0.29, 0.717) is 0 Å². The Hall–Kier alpha value is -1.16. The molecule has 2 aromatic heterocycles. The monoisotopic (exact) mass is 193 g/mol. The molecule has 0 saturated carbocycles. The predicted octanol–water partition coefficient (Wildman–Crippen LogP) is 2.51. The average Bonchev–Trinajstić information content (AvgIpc) is 2.57. The van der Waals surface area contributed by atoms with Crippen molar-refractivity contribution in [2.75, 3.05) is 11.9 Å². The molecule has 1 N–H and O–H groups in total. The van der Waals surface area contributed by atoms with Gasteiger partial charge in [0.05, 0.1) is 0 Å². The van der Waals surface area contributed by atoms with Crippen LogP contribution in [0.4, 0.5) is 5.13 Å². The molecule has 0 aliphatic heterocycles. The first kappa shape index (κ1) is 8.44. The molecule has 0 bridgehead atoms. The van der Waals surface area contributed by atoms with E-state index < -0.39 is 0 Å². The van der Waals surface area contributed by atoms with Gasteiger partial charge in [0.1, 0.15) is 10.3 Å². The summed E-state index contributed by atoms with van der Waals surface area (Å²) in [4.78, 5) is 9.62. The molecule has 2 heterocycles. The fourth-order valence-corrected chi connectivity index (χ4v) is 1.91. The van der Waals surface area contributed by atoms with Gasteiger partial charge in [-0.15, -0.1) is 0 Å². The Bertz CT molecular complexity index is 363. The molecule has 2 aromatic rings. The van der Waals surface area contributed by atoms with Crippen molar-refractivity contribution in [3.63, 3.8) is 0 Å². The molecule has 0 aliphatic carbocycles. The van der Waals surface area contributed by atoms with Crippen molar-refractivity contribution < 1.29 is 0 Å². The summed E-state index contributed by atoms with van der Waals surface area (Å²) >= 11 is 1.60. The van der Waals surface area contributed by atoms with E-state index in [9.17, 15) is 0 Å². The van der Waals surface area contributed by atoms with Crippen LogP contribution in [0.25, 0.3) is 10.3 Å². The number of pyridine rings is 1. The summed E-state index contributed by atoms with van der Waals surface area (Å²) < 4.78 is 0. The third-order valence-electron chi connectivity index (χ3n) is 1.69. The van der Waals surface area contributed by atoms with Crippen molar-refractivity contribution in [2.45, 2.75) is 13.3 Å². The molecule has 2 rings (SSSR count). The van der Waals surface area contributed by atoms with Crippen molar-refractivity contribution in [1.29, 1.82) is 0 Å².